The second kappa shape index (κ2) is 10.1. The monoisotopic (exact) mass is 393 g/mol. The van der Waals surface area contributed by atoms with Crippen molar-refractivity contribution >= 4 is 5.91 Å². The van der Waals surface area contributed by atoms with Crippen molar-refractivity contribution in [2.75, 3.05) is 20.3 Å². The second-order valence-electron chi connectivity index (χ2n) is 6.31. The van der Waals surface area contributed by atoms with Crippen LogP contribution in [-0.2, 0) is 11.3 Å². The fourth-order valence-electron chi connectivity index (χ4n) is 2.70. The first kappa shape index (κ1) is 20.1. The Kier molecular flexibility index (Phi) is 7.00. The minimum absolute atomic E-state index is 0.0465. The lowest BCUT2D eigenvalue weighted by atomic mass is 10.1. The fraction of sp³-hybridized carbons (Fsp3) is 0.227. The minimum atomic E-state index is -0.207. The number of hydrogen-bond donors (Lipinski definition) is 1. The number of nitrogens with zero attached hydrogens (tertiary/aromatic N) is 2. The Bertz CT molecular complexity index is 985. The standard InChI is InChI=1S/C22H23N3O4/c1-28-18-10-8-17(9-11-18)20-12-13-22(27)25(24-20)15-5-14-23-21(26)16-29-19-6-3-2-4-7-19/h2-4,6-13H,5,14-16H2,1H3,(H,23,26). The van der Waals surface area contributed by atoms with Crippen LogP contribution in [0.1, 0.15) is 6.42 Å². The molecule has 0 unspecified atom stereocenters. The summed E-state index contributed by atoms with van der Waals surface area (Å²) >= 11 is 0. The smallest absolute Gasteiger partial charge is 0.266 e. The maximum atomic E-state index is 12.1. The molecular formula is C22H23N3O4. The van der Waals surface area contributed by atoms with E-state index in [-0.39, 0.29) is 18.1 Å². The molecule has 0 saturated carbocycles. The predicted octanol–water partition coefficient (Wildman–Crippen LogP) is 2.50. The van der Waals surface area contributed by atoms with Crippen LogP contribution >= 0.6 is 0 Å². The molecule has 29 heavy (non-hydrogen) atoms. The highest BCUT2D eigenvalue weighted by atomic mass is 16.5. The summed E-state index contributed by atoms with van der Waals surface area (Å²) in [6.45, 7) is 0.787. The van der Waals surface area contributed by atoms with Crippen molar-refractivity contribution in [3.63, 3.8) is 0 Å². The molecule has 1 aromatic heterocycles. The first-order valence-corrected chi connectivity index (χ1v) is 9.33. The molecule has 0 aliphatic heterocycles. The number of methoxy groups -OCH3 is 1. The van der Waals surface area contributed by atoms with Crippen molar-refractivity contribution in [2.24, 2.45) is 0 Å². The van der Waals surface area contributed by atoms with Crippen molar-refractivity contribution in [1.29, 1.82) is 0 Å². The number of aromatic nitrogens is 2. The van der Waals surface area contributed by atoms with Crippen molar-refractivity contribution in [3.05, 3.63) is 77.1 Å². The van der Waals surface area contributed by atoms with Crippen molar-refractivity contribution in [2.45, 2.75) is 13.0 Å². The lowest BCUT2D eigenvalue weighted by Gasteiger charge is -2.09. The van der Waals surface area contributed by atoms with E-state index in [0.717, 1.165) is 11.3 Å². The molecule has 0 aliphatic carbocycles. The maximum Gasteiger partial charge on any atom is 0.266 e. The third-order valence-electron chi connectivity index (χ3n) is 4.23. The summed E-state index contributed by atoms with van der Waals surface area (Å²) in [6.07, 6.45) is 0.579. The number of carbonyl (C=O) groups is 1. The molecule has 0 bridgehead atoms. The zero-order valence-electron chi connectivity index (χ0n) is 16.2. The predicted molar refractivity (Wildman–Crippen MR) is 110 cm³/mol. The summed E-state index contributed by atoms with van der Waals surface area (Å²) in [6, 6.07) is 19.8. The molecule has 0 saturated heterocycles. The number of hydrogen-bond acceptors (Lipinski definition) is 5. The molecule has 0 spiro atoms. The number of benzene rings is 2. The summed E-state index contributed by atoms with van der Waals surface area (Å²) in [4.78, 5) is 23.9. The van der Waals surface area contributed by atoms with Crippen molar-refractivity contribution in [3.8, 4) is 22.8 Å². The fourth-order valence-corrected chi connectivity index (χ4v) is 2.70. The highest BCUT2D eigenvalue weighted by Crippen LogP contribution is 2.19. The zero-order chi connectivity index (χ0) is 20.5. The van der Waals surface area contributed by atoms with E-state index in [0.29, 0.717) is 31.0 Å². The second-order valence-corrected chi connectivity index (χ2v) is 6.31. The molecule has 150 valence electrons. The Morgan fingerprint density at radius 2 is 1.76 bits per heavy atom. The van der Waals surface area contributed by atoms with E-state index in [4.69, 9.17) is 9.47 Å². The van der Waals surface area contributed by atoms with Gasteiger partial charge < -0.3 is 14.8 Å². The lowest BCUT2D eigenvalue weighted by molar-refractivity contribution is -0.123. The number of rotatable bonds is 9. The van der Waals surface area contributed by atoms with Gasteiger partial charge in [-0.2, -0.15) is 5.10 Å². The molecule has 7 heteroatoms. The molecule has 3 rings (SSSR count). The minimum Gasteiger partial charge on any atom is -0.497 e. The topological polar surface area (TPSA) is 82.5 Å². The molecule has 0 fully saturated rings. The van der Waals surface area contributed by atoms with Gasteiger partial charge in [-0.05, 0) is 48.9 Å². The molecule has 3 aromatic rings. The van der Waals surface area contributed by atoms with Crippen molar-refractivity contribution in [1.82, 2.24) is 15.1 Å². The molecule has 1 N–H and O–H groups in total. The maximum absolute atomic E-state index is 12.1. The SMILES string of the molecule is COc1ccc(-c2ccc(=O)n(CCCNC(=O)COc3ccccc3)n2)cc1. The number of aryl methyl sites for hydroxylation is 1. The highest BCUT2D eigenvalue weighted by Gasteiger charge is 2.05. The van der Waals surface area contributed by atoms with E-state index in [1.807, 2.05) is 42.5 Å². The van der Waals surface area contributed by atoms with E-state index < -0.39 is 0 Å². The Morgan fingerprint density at radius 1 is 1.00 bits per heavy atom. The molecule has 0 aliphatic rings. The normalized spacial score (nSPS) is 10.4. The third-order valence-corrected chi connectivity index (χ3v) is 4.23. The molecule has 1 heterocycles. The number of ether oxygens (including phenoxy) is 2. The van der Waals surface area contributed by atoms with E-state index >= 15 is 0 Å². The van der Waals surface area contributed by atoms with Crippen LogP contribution in [0.15, 0.2) is 71.5 Å². The molecule has 7 nitrogen and oxygen atoms in total. The van der Waals surface area contributed by atoms with Gasteiger partial charge >= 0.3 is 0 Å². The number of nitrogens with one attached hydrogen (secondary N) is 1. The Morgan fingerprint density at radius 3 is 2.48 bits per heavy atom. The lowest BCUT2D eigenvalue weighted by Crippen LogP contribution is -2.31. The van der Waals surface area contributed by atoms with E-state index in [1.54, 1.807) is 25.3 Å². The molecular weight excluding hydrogens is 370 g/mol. The summed E-state index contributed by atoms with van der Waals surface area (Å²) < 4.78 is 12.0. The van der Waals surface area contributed by atoms with Crippen LogP contribution in [0.2, 0.25) is 0 Å². The van der Waals surface area contributed by atoms with E-state index in [2.05, 4.69) is 10.4 Å². The van der Waals surface area contributed by atoms with Gasteiger partial charge in [0.15, 0.2) is 6.61 Å². The van der Waals surface area contributed by atoms with Gasteiger partial charge in [0, 0.05) is 24.7 Å². The van der Waals surface area contributed by atoms with Gasteiger partial charge in [-0.3, -0.25) is 9.59 Å². The largest absolute Gasteiger partial charge is 0.497 e. The summed E-state index contributed by atoms with van der Waals surface area (Å²) in [7, 11) is 1.61. The van der Waals surface area contributed by atoms with Gasteiger partial charge in [0.05, 0.1) is 12.8 Å². The average molecular weight is 393 g/mol. The average Bonchev–Trinajstić information content (AvgIpc) is 2.77. The number of para-hydroxylation sites is 1. The molecule has 0 atom stereocenters. The van der Waals surface area contributed by atoms with Crippen LogP contribution in [0.5, 0.6) is 11.5 Å². The summed E-state index contributed by atoms with van der Waals surface area (Å²) in [5, 5.41) is 7.20. The van der Waals surface area contributed by atoms with Gasteiger partial charge in [-0.15, -0.1) is 0 Å². The quantitative estimate of drug-likeness (QED) is 0.565. The van der Waals surface area contributed by atoms with E-state index in [1.165, 1.54) is 10.7 Å². The van der Waals surface area contributed by atoms with Crippen LogP contribution in [0, 0.1) is 0 Å². The van der Waals surface area contributed by atoms with Crippen LogP contribution in [0.3, 0.4) is 0 Å². The van der Waals surface area contributed by atoms with Gasteiger partial charge in [0.25, 0.3) is 11.5 Å². The van der Waals surface area contributed by atoms with Crippen LogP contribution in [-0.4, -0.2) is 35.9 Å². The van der Waals surface area contributed by atoms with Crippen LogP contribution in [0.25, 0.3) is 11.3 Å². The zero-order valence-corrected chi connectivity index (χ0v) is 16.2. The van der Waals surface area contributed by atoms with E-state index in [9.17, 15) is 9.59 Å². The van der Waals surface area contributed by atoms with Gasteiger partial charge in [-0.1, -0.05) is 18.2 Å². The van der Waals surface area contributed by atoms with Crippen molar-refractivity contribution < 1.29 is 14.3 Å². The Labute approximate surface area is 168 Å². The third kappa shape index (κ3) is 5.93. The summed E-state index contributed by atoms with van der Waals surface area (Å²) in [5.74, 6) is 1.20. The molecule has 1 amide bonds. The van der Waals surface area contributed by atoms with Gasteiger partial charge in [0.2, 0.25) is 0 Å². The Hall–Kier alpha value is -3.61. The number of amides is 1. The van der Waals surface area contributed by atoms with Gasteiger partial charge in [-0.25, -0.2) is 4.68 Å². The van der Waals surface area contributed by atoms with Crippen LogP contribution < -0.4 is 20.3 Å². The van der Waals surface area contributed by atoms with Gasteiger partial charge in [0.1, 0.15) is 11.5 Å². The summed E-state index contributed by atoms with van der Waals surface area (Å²) in [5.41, 5.74) is 1.42. The highest BCUT2D eigenvalue weighted by molar-refractivity contribution is 5.77. The Balaban J connectivity index is 1.48. The first-order valence-electron chi connectivity index (χ1n) is 9.33. The number of carbonyl (C=O) groups excluding carboxylic acids is 1. The molecule has 0 radical (unpaired) electrons. The van der Waals surface area contributed by atoms with Crippen LogP contribution in [0.4, 0.5) is 0 Å². The first-order chi connectivity index (χ1) is 14.2. The molecule has 2 aromatic carbocycles.